The maximum Gasteiger partial charge on any atom is 0.182 e. The molecule has 1 atom stereocenters. The number of unbranched alkanes of at least 4 members (excludes halogenated alkanes) is 11. The third-order valence-corrected chi connectivity index (χ3v) is 4.61. The van der Waals surface area contributed by atoms with E-state index >= 15 is 0 Å². The molecule has 0 saturated heterocycles. The Kier molecular flexibility index (Phi) is 10.8. The van der Waals surface area contributed by atoms with Crippen molar-refractivity contribution in [3.05, 3.63) is 0 Å². The van der Waals surface area contributed by atoms with Crippen LogP contribution < -0.4 is 0 Å². The summed E-state index contributed by atoms with van der Waals surface area (Å²) < 4.78 is 5.65. The zero-order valence-electron chi connectivity index (χ0n) is 14.9. The van der Waals surface area contributed by atoms with Gasteiger partial charge in [-0.1, -0.05) is 77.6 Å². The molecule has 0 aromatic carbocycles. The van der Waals surface area contributed by atoms with Gasteiger partial charge in [0.05, 0.1) is 13.2 Å². The molecule has 1 aliphatic rings. The molecule has 1 rings (SSSR count). The first-order valence-corrected chi connectivity index (χ1v) is 9.52. The molecule has 22 heavy (non-hydrogen) atoms. The Hall–Kier alpha value is -0.410. The van der Waals surface area contributed by atoms with Crippen molar-refractivity contribution in [2.75, 3.05) is 13.2 Å². The highest BCUT2D eigenvalue weighted by molar-refractivity contribution is 5.84. The van der Waals surface area contributed by atoms with Crippen molar-refractivity contribution in [1.29, 1.82) is 0 Å². The fraction of sp³-hybridized carbons (Fsp3) is 0.947. The standard InChI is InChI=1S/C19H37NO2/c1-3-4-5-6-7-8-9-10-11-12-13-14-15-19(17-21)20-18(2)16-22-19/h21H,3-17H2,1-2H3. The molecule has 1 aliphatic heterocycles. The van der Waals surface area contributed by atoms with Crippen molar-refractivity contribution in [3.8, 4) is 0 Å². The predicted octanol–water partition coefficient (Wildman–Crippen LogP) is 5.26. The minimum atomic E-state index is -0.609. The van der Waals surface area contributed by atoms with Gasteiger partial charge in [-0.25, -0.2) is 0 Å². The van der Waals surface area contributed by atoms with Gasteiger partial charge in [0.1, 0.15) is 0 Å². The quantitative estimate of drug-likeness (QED) is 0.445. The maximum atomic E-state index is 9.48. The van der Waals surface area contributed by atoms with Crippen molar-refractivity contribution in [2.45, 2.75) is 103 Å². The van der Waals surface area contributed by atoms with E-state index in [0.717, 1.165) is 18.6 Å². The van der Waals surface area contributed by atoms with E-state index in [-0.39, 0.29) is 6.61 Å². The molecule has 0 saturated carbocycles. The maximum absolute atomic E-state index is 9.48. The second-order valence-electron chi connectivity index (χ2n) is 6.88. The lowest BCUT2D eigenvalue weighted by Gasteiger charge is -2.22. The Bertz CT molecular complexity index is 304. The molecule has 0 fully saturated rings. The number of ether oxygens (including phenoxy) is 1. The molecule has 130 valence electrons. The largest absolute Gasteiger partial charge is 0.391 e. The average Bonchev–Trinajstić information content (AvgIpc) is 2.90. The van der Waals surface area contributed by atoms with Gasteiger partial charge in [-0.15, -0.1) is 0 Å². The minimum absolute atomic E-state index is 0.0162. The Balaban J connectivity index is 1.88. The highest BCUT2D eigenvalue weighted by Gasteiger charge is 2.33. The average molecular weight is 312 g/mol. The summed E-state index contributed by atoms with van der Waals surface area (Å²) in [5, 5.41) is 9.48. The molecule has 0 radical (unpaired) electrons. The van der Waals surface area contributed by atoms with Gasteiger partial charge in [-0.05, 0) is 19.8 Å². The fourth-order valence-electron chi connectivity index (χ4n) is 3.18. The van der Waals surface area contributed by atoms with Gasteiger partial charge < -0.3 is 9.84 Å². The van der Waals surface area contributed by atoms with E-state index < -0.39 is 5.72 Å². The van der Waals surface area contributed by atoms with E-state index in [1.54, 1.807) is 0 Å². The first kappa shape index (κ1) is 19.6. The molecule has 1 N–H and O–H groups in total. The van der Waals surface area contributed by atoms with Gasteiger partial charge in [-0.3, -0.25) is 4.99 Å². The Morgan fingerprint density at radius 1 is 0.909 bits per heavy atom. The SMILES string of the molecule is CCCCCCCCCCCCCCC1(CO)N=C(C)CO1. The molecule has 0 aliphatic carbocycles. The third-order valence-electron chi connectivity index (χ3n) is 4.61. The van der Waals surface area contributed by atoms with Crippen LogP contribution in [-0.4, -0.2) is 29.8 Å². The number of nitrogens with zero attached hydrogens (tertiary/aromatic N) is 1. The number of aliphatic hydroxyl groups excluding tert-OH is 1. The van der Waals surface area contributed by atoms with Gasteiger partial charge in [-0.2, -0.15) is 0 Å². The number of aliphatic hydroxyl groups is 1. The van der Waals surface area contributed by atoms with Crippen LogP contribution in [0.4, 0.5) is 0 Å². The van der Waals surface area contributed by atoms with Crippen LogP contribution in [0.25, 0.3) is 0 Å². The summed E-state index contributed by atoms with van der Waals surface area (Å²) in [7, 11) is 0. The van der Waals surface area contributed by atoms with E-state index in [2.05, 4.69) is 11.9 Å². The summed E-state index contributed by atoms with van der Waals surface area (Å²) in [6.07, 6.45) is 17.1. The summed E-state index contributed by atoms with van der Waals surface area (Å²) in [5.74, 6) is 0. The van der Waals surface area contributed by atoms with Gasteiger partial charge in [0.15, 0.2) is 5.72 Å². The van der Waals surface area contributed by atoms with E-state index in [9.17, 15) is 5.11 Å². The molecule has 0 aromatic rings. The summed E-state index contributed by atoms with van der Waals surface area (Å²) >= 11 is 0. The molecule has 3 nitrogen and oxygen atoms in total. The molecular formula is C19H37NO2. The van der Waals surface area contributed by atoms with E-state index in [1.807, 2.05) is 6.92 Å². The number of hydrogen-bond acceptors (Lipinski definition) is 3. The van der Waals surface area contributed by atoms with Crippen LogP contribution in [-0.2, 0) is 4.74 Å². The summed E-state index contributed by atoms with van der Waals surface area (Å²) in [6, 6.07) is 0. The second-order valence-corrected chi connectivity index (χ2v) is 6.88. The van der Waals surface area contributed by atoms with E-state index in [0.29, 0.717) is 6.61 Å². The molecule has 0 amide bonds. The highest BCUT2D eigenvalue weighted by atomic mass is 16.5. The molecule has 1 heterocycles. The molecule has 1 unspecified atom stereocenters. The van der Waals surface area contributed by atoms with Crippen LogP contribution in [0.2, 0.25) is 0 Å². The van der Waals surface area contributed by atoms with Gasteiger partial charge >= 0.3 is 0 Å². The van der Waals surface area contributed by atoms with Crippen molar-refractivity contribution in [3.63, 3.8) is 0 Å². The molecule has 3 heteroatoms. The first-order chi connectivity index (χ1) is 10.7. The molecule has 0 aromatic heterocycles. The van der Waals surface area contributed by atoms with Crippen molar-refractivity contribution < 1.29 is 9.84 Å². The highest BCUT2D eigenvalue weighted by Crippen LogP contribution is 2.26. The lowest BCUT2D eigenvalue weighted by Crippen LogP contribution is -2.31. The molecule has 0 spiro atoms. The van der Waals surface area contributed by atoms with E-state index in [1.165, 1.54) is 70.6 Å². The Morgan fingerprint density at radius 3 is 1.82 bits per heavy atom. The molecular weight excluding hydrogens is 274 g/mol. The predicted molar refractivity (Wildman–Crippen MR) is 94.6 cm³/mol. The smallest absolute Gasteiger partial charge is 0.182 e. The van der Waals surface area contributed by atoms with Gasteiger partial charge in [0.2, 0.25) is 0 Å². The van der Waals surface area contributed by atoms with Gasteiger partial charge in [0, 0.05) is 5.71 Å². The van der Waals surface area contributed by atoms with Crippen LogP contribution in [0.15, 0.2) is 4.99 Å². The zero-order valence-corrected chi connectivity index (χ0v) is 14.9. The summed E-state index contributed by atoms with van der Waals surface area (Å²) in [4.78, 5) is 4.47. The monoisotopic (exact) mass is 311 g/mol. The van der Waals surface area contributed by atoms with Crippen molar-refractivity contribution >= 4 is 5.71 Å². The Morgan fingerprint density at radius 2 is 1.41 bits per heavy atom. The number of hydrogen-bond donors (Lipinski definition) is 1. The fourth-order valence-corrected chi connectivity index (χ4v) is 3.18. The second kappa shape index (κ2) is 12.1. The lowest BCUT2D eigenvalue weighted by atomic mass is 10.0. The van der Waals surface area contributed by atoms with Crippen molar-refractivity contribution in [2.24, 2.45) is 4.99 Å². The normalized spacial score (nSPS) is 21.3. The summed E-state index contributed by atoms with van der Waals surface area (Å²) in [6.45, 7) is 4.84. The van der Waals surface area contributed by atoms with Crippen LogP contribution in [0, 0.1) is 0 Å². The van der Waals surface area contributed by atoms with E-state index in [4.69, 9.17) is 4.74 Å². The van der Waals surface area contributed by atoms with Crippen LogP contribution in [0.1, 0.15) is 97.3 Å². The summed E-state index contributed by atoms with van der Waals surface area (Å²) in [5.41, 5.74) is 0.399. The minimum Gasteiger partial charge on any atom is -0.391 e. The first-order valence-electron chi connectivity index (χ1n) is 9.52. The topological polar surface area (TPSA) is 41.8 Å². The van der Waals surface area contributed by atoms with Crippen LogP contribution >= 0.6 is 0 Å². The number of aliphatic imine (C=N–C) groups is 1. The van der Waals surface area contributed by atoms with Crippen LogP contribution in [0.5, 0.6) is 0 Å². The van der Waals surface area contributed by atoms with Crippen LogP contribution in [0.3, 0.4) is 0 Å². The van der Waals surface area contributed by atoms with Gasteiger partial charge in [0.25, 0.3) is 0 Å². The molecule has 0 bridgehead atoms. The lowest BCUT2D eigenvalue weighted by molar-refractivity contribution is -0.0493. The Labute approximate surface area is 137 Å². The zero-order chi connectivity index (χ0) is 16.1. The number of rotatable bonds is 14. The third kappa shape index (κ3) is 8.28. The van der Waals surface area contributed by atoms with Crippen molar-refractivity contribution in [1.82, 2.24) is 0 Å².